The van der Waals surface area contributed by atoms with Crippen LogP contribution in [0.25, 0.3) is 0 Å². The van der Waals surface area contributed by atoms with E-state index in [1.807, 2.05) is 0 Å². The summed E-state index contributed by atoms with van der Waals surface area (Å²) < 4.78 is 34.9. The molecule has 0 aliphatic carbocycles. The first-order valence-electron chi connectivity index (χ1n) is 7.52. The Kier molecular flexibility index (Phi) is 3.39. The minimum atomic E-state index is -3.69. The number of halogens is 2. The summed E-state index contributed by atoms with van der Waals surface area (Å²) in [6.45, 7) is 0. The minimum Gasteiger partial charge on any atom is -0.395 e. The second-order valence-corrected chi connectivity index (χ2v) is 5.73. The van der Waals surface area contributed by atoms with E-state index in [4.69, 9.17) is 5.73 Å². The zero-order valence-electron chi connectivity index (χ0n) is 13.1. The van der Waals surface area contributed by atoms with Crippen LogP contribution in [-0.2, 0) is 6.42 Å². The summed E-state index contributed by atoms with van der Waals surface area (Å²) in [6, 6.07) is 8.58. The van der Waals surface area contributed by atoms with Crippen molar-refractivity contribution < 1.29 is 27.8 Å². The van der Waals surface area contributed by atoms with E-state index in [1.165, 1.54) is 36.4 Å². The molecule has 26 heavy (non-hydrogen) atoms. The Bertz CT molecular complexity index is 971. The zero-order chi connectivity index (χ0) is 18.5. The molecule has 2 amide bonds. The molecule has 0 atom stereocenters. The molecule has 2 aromatic rings. The van der Waals surface area contributed by atoms with Crippen LogP contribution in [0.3, 0.4) is 0 Å². The summed E-state index contributed by atoms with van der Waals surface area (Å²) in [5.74, 6) is -0.820. The van der Waals surface area contributed by atoms with Crippen molar-refractivity contribution >= 4 is 23.3 Å². The standard InChI is InChI=1S/C17H11F2N3O4/c18-17(19)25-12-5-10-6-14(21-11(10)7-13(12)26-17)22-16(24)9-3-1-8(2-4-9)15(20)23/h1-5,7H,6H2,(H2,20,23)(H,21,22,24). The van der Waals surface area contributed by atoms with Crippen molar-refractivity contribution in [2.75, 3.05) is 0 Å². The first-order valence-corrected chi connectivity index (χ1v) is 7.52. The third kappa shape index (κ3) is 2.83. The van der Waals surface area contributed by atoms with Gasteiger partial charge >= 0.3 is 6.29 Å². The van der Waals surface area contributed by atoms with Gasteiger partial charge < -0.3 is 20.5 Å². The molecule has 0 saturated carbocycles. The number of alkyl halides is 2. The summed E-state index contributed by atoms with van der Waals surface area (Å²) >= 11 is 0. The van der Waals surface area contributed by atoms with E-state index >= 15 is 0 Å². The number of amidine groups is 1. The quantitative estimate of drug-likeness (QED) is 0.857. The molecule has 3 N–H and O–H groups in total. The van der Waals surface area contributed by atoms with Crippen molar-refractivity contribution in [3.8, 4) is 11.5 Å². The number of aliphatic imine (C=N–C) groups is 1. The summed E-state index contributed by atoms with van der Waals surface area (Å²) in [6.07, 6.45) is -3.43. The van der Waals surface area contributed by atoms with Gasteiger partial charge in [0.2, 0.25) is 5.91 Å². The van der Waals surface area contributed by atoms with Crippen molar-refractivity contribution in [3.63, 3.8) is 0 Å². The Morgan fingerprint density at radius 2 is 1.69 bits per heavy atom. The normalized spacial score (nSPS) is 16.0. The number of hydrogen-bond donors (Lipinski definition) is 2. The second-order valence-electron chi connectivity index (χ2n) is 5.73. The Labute approximate surface area is 145 Å². The third-order valence-corrected chi connectivity index (χ3v) is 3.91. The predicted octanol–water partition coefficient (Wildman–Crippen LogP) is 2.12. The molecule has 2 aromatic carbocycles. The van der Waals surface area contributed by atoms with E-state index in [0.29, 0.717) is 28.2 Å². The molecule has 7 nitrogen and oxygen atoms in total. The number of hydrogen-bond acceptors (Lipinski definition) is 5. The number of primary amides is 1. The van der Waals surface area contributed by atoms with E-state index in [2.05, 4.69) is 19.8 Å². The van der Waals surface area contributed by atoms with Crippen molar-refractivity contribution in [2.45, 2.75) is 12.7 Å². The van der Waals surface area contributed by atoms with Crippen LogP contribution in [0.2, 0.25) is 0 Å². The summed E-state index contributed by atoms with van der Waals surface area (Å²) in [4.78, 5) is 27.5. The van der Waals surface area contributed by atoms with Crippen LogP contribution in [0.15, 0.2) is 41.4 Å². The number of carbonyl (C=O) groups is 2. The molecule has 0 aromatic heterocycles. The Morgan fingerprint density at radius 1 is 1.08 bits per heavy atom. The highest BCUT2D eigenvalue weighted by atomic mass is 19.3. The van der Waals surface area contributed by atoms with Crippen LogP contribution < -0.4 is 20.5 Å². The lowest BCUT2D eigenvalue weighted by Crippen LogP contribution is -2.30. The van der Waals surface area contributed by atoms with Gasteiger partial charge in [-0.15, -0.1) is 8.78 Å². The number of fused-ring (bicyclic) bond motifs is 2. The summed E-state index contributed by atoms with van der Waals surface area (Å²) in [7, 11) is 0. The van der Waals surface area contributed by atoms with Gasteiger partial charge in [-0.2, -0.15) is 0 Å². The molecule has 2 aliphatic heterocycles. The predicted molar refractivity (Wildman–Crippen MR) is 85.9 cm³/mol. The molecule has 2 aliphatic rings. The topological polar surface area (TPSA) is 103 Å². The van der Waals surface area contributed by atoms with Crippen LogP contribution >= 0.6 is 0 Å². The van der Waals surface area contributed by atoms with Gasteiger partial charge in [-0.25, -0.2) is 4.99 Å². The lowest BCUT2D eigenvalue weighted by Gasteiger charge is -2.05. The van der Waals surface area contributed by atoms with Crippen molar-refractivity contribution in [1.82, 2.24) is 5.32 Å². The molecule has 0 bridgehead atoms. The fourth-order valence-electron chi connectivity index (χ4n) is 2.70. The lowest BCUT2D eigenvalue weighted by atomic mass is 10.1. The van der Waals surface area contributed by atoms with Gasteiger partial charge in [0.1, 0.15) is 5.84 Å². The number of nitrogens with zero attached hydrogens (tertiary/aromatic N) is 1. The average molecular weight is 359 g/mol. The smallest absolute Gasteiger partial charge is 0.395 e. The van der Waals surface area contributed by atoms with E-state index in [9.17, 15) is 18.4 Å². The highest BCUT2D eigenvalue weighted by Crippen LogP contribution is 2.45. The van der Waals surface area contributed by atoms with E-state index in [1.54, 1.807) is 0 Å². The number of nitrogens with two attached hydrogens (primary N) is 1. The van der Waals surface area contributed by atoms with Crippen LogP contribution in [0.1, 0.15) is 26.3 Å². The molecule has 0 fully saturated rings. The Morgan fingerprint density at radius 3 is 2.35 bits per heavy atom. The van der Waals surface area contributed by atoms with Gasteiger partial charge in [0.15, 0.2) is 11.5 Å². The van der Waals surface area contributed by atoms with Crippen LogP contribution in [-0.4, -0.2) is 23.9 Å². The molecule has 132 valence electrons. The molecule has 9 heteroatoms. The van der Waals surface area contributed by atoms with Gasteiger partial charge in [-0.05, 0) is 35.9 Å². The van der Waals surface area contributed by atoms with Gasteiger partial charge in [-0.1, -0.05) is 0 Å². The van der Waals surface area contributed by atoms with E-state index < -0.39 is 18.1 Å². The van der Waals surface area contributed by atoms with Gasteiger partial charge in [0.05, 0.1) is 5.69 Å². The van der Waals surface area contributed by atoms with Crippen LogP contribution in [0.5, 0.6) is 11.5 Å². The zero-order valence-corrected chi connectivity index (χ0v) is 13.1. The third-order valence-electron chi connectivity index (χ3n) is 3.91. The lowest BCUT2D eigenvalue weighted by molar-refractivity contribution is -0.286. The molecule has 0 saturated heterocycles. The maximum Gasteiger partial charge on any atom is 0.586 e. The van der Waals surface area contributed by atoms with Crippen molar-refractivity contribution in [2.24, 2.45) is 10.7 Å². The molecule has 4 rings (SSSR count). The molecule has 0 unspecified atom stereocenters. The minimum absolute atomic E-state index is 0.0708. The van der Waals surface area contributed by atoms with Crippen molar-refractivity contribution in [3.05, 3.63) is 53.1 Å². The molecular formula is C17H11F2N3O4. The van der Waals surface area contributed by atoms with Gasteiger partial charge in [0.25, 0.3) is 5.91 Å². The summed E-state index contributed by atoms with van der Waals surface area (Å²) in [5, 5.41) is 2.65. The first kappa shape index (κ1) is 16.0. The second kappa shape index (κ2) is 5.51. The molecule has 0 radical (unpaired) electrons. The average Bonchev–Trinajstić information content (AvgIpc) is 3.09. The monoisotopic (exact) mass is 359 g/mol. The van der Waals surface area contributed by atoms with Gasteiger partial charge in [-0.3, -0.25) is 9.59 Å². The van der Waals surface area contributed by atoms with E-state index in [0.717, 1.165) is 0 Å². The molecule has 2 heterocycles. The van der Waals surface area contributed by atoms with Crippen molar-refractivity contribution in [1.29, 1.82) is 0 Å². The fraction of sp³-hybridized carbons (Fsp3) is 0.118. The van der Waals surface area contributed by atoms with E-state index in [-0.39, 0.29) is 17.9 Å². The number of nitrogens with one attached hydrogen (secondary N) is 1. The number of benzene rings is 2. The largest absolute Gasteiger partial charge is 0.586 e. The highest BCUT2D eigenvalue weighted by molar-refractivity contribution is 6.09. The Balaban J connectivity index is 1.49. The maximum atomic E-state index is 13.1. The number of amides is 2. The number of carbonyl (C=O) groups excluding carboxylic acids is 2. The number of ether oxygens (including phenoxy) is 2. The Hall–Kier alpha value is -3.49. The van der Waals surface area contributed by atoms with Crippen LogP contribution in [0.4, 0.5) is 14.5 Å². The molecular weight excluding hydrogens is 348 g/mol. The maximum absolute atomic E-state index is 13.1. The SMILES string of the molecule is NC(=O)c1ccc(C(=O)NC2=Nc3cc4c(cc3C2)OC(F)(F)O4)cc1. The summed E-state index contributed by atoms with van der Waals surface area (Å²) in [5.41, 5.74) is 6.81. The van der Waals surface area contributed by atoms with Crippen LogP contribution in [0, 0.1) is 0 Å². The molecule has 0 spiro atoms. The first-order chi connectivity index (χ1) is 12.3. The van der Waals surface area contributed by atoms with Gasteiger partial charge in [0, 0.05) is 23.6 Å². The highest BCUT2D eigenvalue weighted by Gasteiger charge is 2.44. The fourth-order valence-corrected chi connectivity index (χ4v) is 2.70. The number of rotatable bonds is 2.